The van der Waals surface area contributed by atoms with E-state index in [9.17, 15) is 4.79 Å². The number of aliphatic imine (C=N–C) groups is 1. The van der Waals surface area contributed by atoms with Crippen LogP contribution in [0.2, 0.25) is 0 Å². The molecule has 0 aliphatic carbocycles. The highest BCUT2D eigenvalue weighted by molar-refractivity contribution is 8.18. The standard InChI is InChI=1S/C19H24N2O5S/c1-11-9-21(10-12(2)26-11)19-20-18(22)17(27-19)7-13-6-15(24-4)16(25-5)8-14(13)23-3/h6-8,11-12H,9-10H2,1-5H3/b17-7-/t11-,12-/m0/s1. The largest absolute Gasteiger partial charge is 0.496 e. The number of hydrogen-bond donors (Lipinski definition) is 0. The average molecular weight is 392 g/mol. The van der Waals surface area contributed by atoms with Gasteiger partial charge in [-0.15, -0.1) is 0 Å². The monoisotopic (exact) mass is 392 g/mol. The summed E-state index contributed by atoms with van der Waals surface area (Å²) in [4.78, 5) is 19.3. The number of ether oxygens (including phenoxy) is 4. The van der Waals surface area contributed by atoms with Gasteiger partial charge in [0.15, 0.2) is 16.7 Å². The smallest absolute Gasteiger partial charge is 0.286 e. The number of carbonyl (C=O) groups excluding carboxylic acids is 1. The molecule has 0 aromatic heterocycles. The zero-order chi connectivity index (χ0) is 19.6. The molecule has 7 nitrogen and oxygen atoms in total. The van der Waals surface area contributed by atoms with Crippen LogP contribution in [0, 0.1) is 0 Å². The number of thioether (sulfide) groups is 1. The summed E-state index contributed by atoms with van der Waals surface area (Å²) in [5.41, 5.74) is 0.728. The Bertz CT molecular complexity index is 783. The van der Waals surface area contributed by atoms with E-state index in [1.54, 1.807) is 39.5 Å². The van der Waals surface area contributed by atoms with Crippen molar-refractivity contribution in [1.82, 2.24) is 4.90 Å². The van der Waals surface area contributed by atoms with Crippen molar-refractivity contribution in [3.8, 4) is 17.2 Å². The Hall–Kier alpha value is -2.19. The molecular formula is C19H24N2O5S. The van der Waals surface area contributed by atoms with E-state index >= 15 is 0 Å². The van der Waals surface area contributed by atoms with Gasteiger partial charge in [0.05, 0.1) is 38.4 Å². The Morgan fingerprint density at radius 1 is 1.07 bits per heavy atom. The van der Waals surface area contributed by atoms with Crippen LogP contribution in [0.5, 0.6) is 17.2 Å². The van der Waals surface area contributed by atoms with Crippen molar-refractivity contribution < 1.29 is 23.7 Å². The van der Waals surface area contributed by atoms with Crippen molar-refractivity contribution in [2.75, 3.05) is 34.4 Å². The second-order valence-electron chi connectivity index (χ2n) is 6.42. The molecule has 1 saturated heterocycles. The molecule has 0 N–H and O–H groups in total. The predicted octanol–water partition coefficient (Wildman–Crippen LogP) is 2.79. The molecule has 1 fully saturated rings. The maximum absolute atomic E-state index is 12.4. The van der Waals surface area contributed by atoms with Crippen LogP contribution in [0.4, 0.5) is 0 Å². The van der Waals surface area contributed by atoms with Crippen LogP contribution in [-0.4, -0.2) is 62.6 Å². The van der Waals surface area contributed by atoms with Crippen molar-refractivity contribution in [2.45, 2.75) is 26.1 Å². The quantitative estimate of drug-likeness (QED) is 0.730. The van der Waals surface area contributed by atoms with Crippen molar-refractivity contribution >= 4 is 28.9 Å². The molecule has 2 heterocycles. The highest BCUT2D eigenvalue weighted by Crippen LogP contribution is 2.38. The Morgan fingerprint density at radius 2 is 1.67 bits per heavy atom. The van der Waals surface area contributed by atoms with Crippen LogP contribution in [0.25, 0.3) is 6.08 Å². The first kappa shape index (κ1) is 19.6. The van der Waals surface area contributed by atoms with Gasteiger partial charge in [-0.3, -0.25) is 4.79 Å². The third-order valence-corrected chi connectivity index (χ3v) is 5.37. The molecule has 1 aromatic carbocycles. The van der Waals surface area contributed by atoms with E-state index in [0.717, 1.165) is 18.7 Å². The first-order valence-corrected chi connectivity index (χ1v) is 9.49. The number of amides is 1. The molecule has 0 saturated carbocycles. The van der Waals surface area contributed by atoms with Gasteiger partial charge in [0.1, 0.15) is 5.75 Å². The summed E-state index contributed by atoms with van der Waals surface area (Å²) in [5.74, 6) is 1.47. The van der Waals surface area contributed by atoms with Gasteiger partial charge in [-0.25, -0.2) is 0 Å². The third-order valence-electron chi connectivity index (χ3n) is 4.32. The van der Waals surface area contributed by atoms with Crippen molar-refractivity contribution in [2.24, 2.45) is 4.99 Å². The van der Waals surface area contributed by atoms with Crippen LogP contribution < -0.4 is 14.2 Å². The minimum atomic E-state index is -0.251. The lowest BCUT2D eigenvalue weighted by Gasteiger charge is -2.35. The van der Waals surface area contributed by atoms with Gasteiger partial charge in [0.25, 0.3) is 5.91 Å². The lowest BCUT2D eigenvalue weighted by atomic mass is 10.1. The van der Waals surface area contributed by atoms with E-state index < -0.39 is 0 Å². The summed E-state index contributed by atoms with van der Waals surface area (Å²) in [6, 6.07) is 3.53. The van der Waals surface area contributed by atoms with Gasteiger partial charge in [-0.2, -0.15) is 4.99 Å². The normalized spacial score (nSPS) is 24.2. The van der Waals surface area contributed by atoms with Crippen LogP contribution in [0.15, 0.2) is 22.0 Å². The predicted molar refractivity (Wildman–Crippen MR) is 106 cm³/mol. The molecule has 2 aliphatic rings. The number of methoxy groups -OCH3 is 3. The summed E-state index contributed by atoms with van der Waals surface area (Å²) in [7, 11) is 4.71. The molecule has 3 rings (SSSR count). The van der Waals surface area contributed by atoms with Crippen molar-refractivity contribution in [1.29, 1.82) is 0 Å². The zero-order valence-corrected chi connectivity index (χ0v) is 17.0. The van der Waals surface area contributed by atoms with Crippen LogP contribution in [-0.2, 0) is 9.53 Å². The van der Waals surface area contributed by atoms with E-state index in [4.69, 9.17) is 18.9 Å². The molecular weight excluding hydrogens is 368 g/mol. The minimum Gasteiger partial charge on any atom is -0.496 e. The Morgan fingerprint density at radius 3 is 2.26 bits per heavy atom. The zero-order valence-electron chi connectivity index (χ0n) is 16.1. The van der Waals surface area contributed by atoms with Crippen molar-refractivity contribution in [3.63, 3.8) is 0 Å². The van der Waals surface area contributed by atoms with E-state index in [0.29, 0.717) is 27.3 Å². The fourth-order valence-electron chi connectivity index (χ4n) is 3.17. The maximum Gasteiger partial charge on any atom is 0.286 e. The molecule has 8 heteroatoms. The molecule has 2 aliphatic heterocycles. The number of carbonyl (C=O) groups is 1. The second kappa shape index (κ2) is 8.22. The molecule has 2 atom stereocenters. The highest BCUT2D eigenvalue weighted by atomic mass is 32.2. The molecule has 0 radical (unpaired) electrons. The van der Waals surface area contributed by atoms with Crippen LogP contribution >= 0.6 is 11.8 Å². The number of benzene rings is 1. The summed E-state index contributed by atoms with van der Waals surface area (Å²) in [6.45, 7) is 5.48. The minimum absolute atomic E-state index is 0.103. The van der Waals surface area contributed by atoms with E-state index in [1.165, 1.54) is 11.8 Å². The maximum atomic E-state index is 12.4. The molecule has 1 amide bonds. The van der Waals surface area contributed by atoms with Crippen molar-refractivity contribution in [3.05, 3.63) is 22.6 Å². The number of nitrogens with zero attached hydrogens (tertiary/aromatic N) is 2. The lowest BCUT2D eigenvalue weighted by molar-refractivity contribution is -0.113. The lowest BCUT2D eigenvalue weighted by Crippen LogP contribution is -2.47. The van der Waals surface area contributed by atoms with E-state index in [1.807, 2.05) is 13.8 Å². The number of amidine groups is 1. The topological polar surface area (TPSA) is 69.6 Å². The number of rotatable bonds is 4. The molecule has 0 bridgehead atoms. The van der Waals surface area contributed by atoms with Gasteiger partial charge in [-0.05, 0) is 37.8 Å². The van der Waals surface area contributed by atoms with Gasteiger partial charge < -0.3 is 23.8 Å². The Labute approximate surface area is 163 Å². The second-order valence-corrected chi connectivity index (χ2v) is 7.43. The fraction of sp³-hybridized carbons (Fsp3) is 0.474. The number of hydrogen-bond acceptors (Lipinski definition) is 7. The first-order chi connectivity index (χ1) is 12.9. The van der Waals surface area contributed by atoms with E-state index in [-0.39, 0.29) is 18.1 Å². The molecule has 27 heavy (non-hydrogen) atoms. The van der Waals surface area contributed by atoms with Gasteiger partial charge in [0, 0.05) is 24.7 Å². The van der Waals surface area contributed by atoms with Gasteiger partial charge >= 0.3 is 0 Å². The Balaban J connectivity index is 1.86. The molecule has 0 unspecified atom stereocenters. The first-order valence-electron chi connectivity index (χ1n) is 8.68. The summed E-state index contributed by atoms with van der Waals surface area (Å²) >= 11 is 1.37. The van der Waals surface area contributed by atoms with Gasteiger partial charge in [0.2, 0.25) is 0 Å². The van der Waals surface area contributed by atoms with Crippen LogP contribution in [0.3, 0.4) is 0 Å². The third kappa shape index (κ3) is 4.22. The Kier molecular flexibility index (Phi) is 5.96. The molecule has 1 aromatic rings. The molecule has 146 valence electrons. The summed E-state index contributed by atoms with van der Waals surface area (Å²) in [6.07, 6.45) is 1.98. The average Bonchev–Trinajstić information content (AvgIpc) is 3.01. The van der Waals surface area contributed by atoms with Crippen LogP contribution in [0.1, 0.15) is 19.4 Å². The van der Waals surface area contributed by atoms with E-state index in [2.05, 4.69) is 9.89 Å². The van der Waals surface area contributed by atoms with Gasteiger partial charge in [-0.1, -0.05) is 0 Å². The summed E-state index contributed by atoms with van der Waals surface area (Å²) < 4.78 is 21.9. The number of morpholine rings is 1. The fourth-order valence-corrected chi connectivity index (χ4v) is 4.10. The highest BCUT2D eigenvalue weighted by Gasteiger charge is 2.31. The molecule has 0 spiro atoms. The summed E-state index contributed by atoms with van der Waals surface area (Å²) in [5, 5.41) is 0.715. The SMILES string of the molecule is COc1cc(OC)c(OC)cc1/C=C1\SC(N2C[C@H](C)O[C@@H](C)C2)=NC1=O.